The second-order valence-electron chi connectivity index (χ2n) is 5.68. The summed E-state index contributed by atoms with van der Waals surface area (Å²) < 4.78 is 25.2. The van der Waals surface area contributed by atoms with Crippen molar-refractivity contribution >= 4 is 21.4 Å². The molecule has 20 heavy (non-hydrogen) atoms. The summed E-state index contributed by atoms with van der Waals surface area (Å²) in [5, 5.41) is 9.99. The van der Waals surface area contributed by atoms with Gasteiger partial charge in [0.15, 0.2) is 0 Å². The molecule has 0 bridgehead atoms. The van der Waals surface area contributed by atoms with Crippen LogP contribution in [0.5, 0.6) is 0 Å². The first kappa shape index (κ1) is 15.1. The highest BCUT2D eigenvalue weighted by Gasteiger charge is 2.32. The second-order valence-corrected chi connectivity index (χ2v) is 7.83. The van der Waals surface area contributed by atoms with E-state index in [4.69, 9.17) is 5.73 Å². The van der Waals surface area contributed by atoms with E-state index in [-0.39, 0.29) is 4.90 Å². The van der Waals surface area contributed by atoms with Gasteiger partial charge in [-0.15, -0.1) is 0 Å². The number of anilines is 2. The fourth-order valence-electron chi connectivity index (χ4n) is 2.34. The number of nitrogen functional groups attached to an aromatic ring is 1. The van der Waals surface area contributed by atoms with E-state index in [0.29, 0.717) is 25.2 Å². The third-order valence-corrected chi connectivity index (χ3v) is 5.38. The van der Waals surface area contributed by atoms with Gasteiger partial charge in [0.2, 0.25) is 10.0 Å². The van der Waals surface area contributed by atoms with Gasteiger partial charge in [-0.2, -0.15) is 0 Å². The summed E-state index contributed by atoms with van der Waals surface area (Å²) in [6.07, 6.45) is 0.671. The van der Waals surface area contributed by atoms with Crippen molar-refractivity contribution < 1.29 is 13.5 Å². The topological polar surface area (TPSA) is 86.9 Å². The number of benzene rings is 1. The number of hydrogen-bond donors (Lipinski definition) is 2. The smallest absolute Gasteiger partial charge is 0.242 e. The monoisotopic (exact) mass is 299 g/mol. The lowest BCUT2D eigenvalue weighted by molar-refractivity contribution is 0.0839. The van der Waals surface area contributed by atoms with Gasteiger partial charge < -0.3 is 15.7 Å². The zero-order valence-electron chi connectivity index (χ0n) is 12.0. The maximum absolute atomic E-state index is 12.0. The van der Waals surface area contributed by atoms with E-state index in [9.17, 15) is 13.5 Å². The molecule has 0 aromatic heterocycles. The lowest BCUT2D eigenvalue weighted by atomic mass is 10.1. The Hall–Kier alpha value is -1.31. The fourth-order valence-corrected chi connectivity index (χ4v) is 3.28. The summed E-state index contributed by atoms with van der Waals surface area (Å²) in [6.45, 7) is 2.99. The fraction of sp³-hybridized carbons (Fsp3) is 0.538. The van der Waals surface area contributed by atoms with Crippen LogP contribution in [-0.2, 0) is 10.0 Å². The predicted octanol–water partition coefficient (Wildman–Crippen LogP) is 0.480. The zero-order valence-corrected chi connectivity index (χ0v) is 12.8. The molecule has 6 nitrogen and oxygen atoms in total. The number of sulfonamides is 1. The van der Waals surface area contributed by atoms with E-state index < -0.39 is 15.6 Å². The molecule has 0 spiro atoms. The number of rotatable bonds is 3. The molecule has 1 aromatic carbocycles. The lowest BCUT2D eigenvalue weighted by Gasteiger charge is -2.23. The van der Waals surface area contributed by atoms with Crippen molar-refractivity contribution in [2.24, 2.45) is 0 Å². The standard InChI is InChI=1S/C13H21N3O3S/c1-13(17)6-7-16(9-13)12-5-4-10(8-11(12)14)20(18,19)15(2)3/h4-5,8,17H,6-7,9,14H2,1-3H3. The van der Waals surface area contributed by atoms with Crippen LogP contribution in [0.2, 0.25) is 0 Å². The molecule has 2 rings (SSSR count). The Morgan fingerprint density at radius 3 is 2.50 bits per heavy atom. The molecule has 1 unspecified atom stereocenters. The van der Waals surface area contributed by atoms with Crippen molar-refractivity contribution in [2.75, 3.05) is 37.8 Å². The van der Waals surface area contributed by atoms with Crippen LogP contribution < -0.4 is 10.6 Å². The molecule has 1 atom stereocenters. The molecule has 3 N–H and O–H groups in total. The summed E-state index contributed by atoms with van der Waals surface area (Å²) in [5.74, 6) is 0. The maximum atomic E-state index is 12.0. The number of nitrogens with two attached hydrogens (primary N) is 1. The minimum atomic E-state index is -3.48. The van der Waals surface area contributed by atoms with Crippen molar-refractivity contribution in [3.05, 3.63) is 18.2 Å². The van der Waals surface area contributed by atoms with Crippen molar-refractivity contribution in [3.63, 3.8) is 0 Å². The Morgan fingerprint density at radius 2 is 2.05 bits per heavy atom. The van der Waals surface area contributed by atoms with Gasteiger partial charge in [-0.1, -0.05) is 0 Å². The first-order valence-electron chi connectivity index (χ1n) is 6.43. The highest BCUT2D eigenvalue weighted by atomic mass is 32.2. The zero-order chi connectivity index (χ0) is 15.1. The molecule has 1 aromatic rings. The van der Waals surface area contributed by atoms with Crippen LogP contribution in [0.15, 0.2) is 23.1 Å². The minimum absolute atomic E-state index is 0.176. The molecule has 0 radical (unpaired) electrons. The van der Waals surface area contributed by atoms with E-state index >= 15 is 0 Å². The van der Waals surface area contributed by atoms with Gasteiger partial charge in [0.25, 0.3) is 0 Å². The van der Waals surface area contributed by atoms with E-state index in [1.807, 2.05) is 4.90 Å². The van der Waals surface area contributed by atoms with E-state index in [0.717, 1.165) is 9.99 Å². The maximum Gasteiger partial charge on any atom is 0.242 e. The van der Waals surface area contributed by atoms with Crippen molar-refractivity contribution in [3.8, 4) is 0 Å². The average Bonchev–Trinajstić information content (AvgIpc) is 2.69. The molecule has 0 amide bonds. The number of nitrogens with zero attached hydrogens (tertiary/aromatic N) is 2. The number of β-amino-alcohol motifs (C(OH)–C–C–N with tert-alkyl or cyclic N) is 1. The SMILES string of the molecule is CN(C)S(=O)(=O)c1ccc(N2CCC(C)(O)C2)c(N)c1. The molecular formula is C13H21N3O3S. The van der Waals surface area contributed by atoms with Gasteiger partial charge in [-0.05, 0) is 31.5 Å². The van der Waals surface area contributed by atoms with E-state index in [2.05, 4.69) is 0 Å². The van der Waals surface area contributed by atoms with Gasteiger partial charge in [-0.25, -0.2) is 12.7 Å². The van der Waals surface area contributed by atoms with Crippen LogP contribution in [0.3, 0.4) is 0 Å². The molecule has 1 aliphatic heterocycles. The largest absolute Gasteiger partial charge is 0.397 e. The molecular weight excluding hydrogens is 278 g/mol. The second kappa shape index (κ2) is 4.91. The van der Waals surface area contributed by atoms with Gasteiger partial charge in [0.1, 0.15) is 0 Å². The van der Waals surface area contributed by atoms with Gasteiger partial charge >= 0.3 is 0 Å². The van der Waals surface area contributed by atoms with Crippen LogP contribution >= 0.6 is 0 Å². The van der Waals surface area contributed by atoms with Gasteiger partial charge in [-0.3, -0.25) is 0 Å². The summed E-state index contributed by atoms with van der Waals surface area (Å²) in [4.78, 5) is 2.15. The molecule has 0 saturated carbocycles. The summed E-state index contributed by atoms with van der Waals surface area (Å²) >= 11 is 0. The first-order chi connectivity index (χ1) is 9.13. The minimum Gasteiger partial charge on any atom is -0.397 e. The van der Waals surface area contributed by atoms with Crippen molar-refractivity contribution in [1.82, 2.24) is 4.31 Å². The average molecular weight is 299 g/mol. The van der Waals surface area contributed by atoms with Gasteiger partial charge in [0.05, 0.1) is 21.9 Å². The highest BCUT2D eigenvalue weighted by Crippen LogP contribution is 2.32. The molecule has 112 valence electrons. The number of aliphatic hydroxyl groups is 1. The number of hydrogen-bond acceptors (Lipinski definition) is 5. The third kappa shape index (κ3) is 2.74. The van der Waals surface area contributed by atoms with E-state index in [1.165, 1.54) is 20.2 Å². The Morgan fingerprint density at radius 1 is 1.40 bits per heavy atom. The van der Waals surface area contributed by atoms with Crippen LogP contribution in [0, 0.1) is 0 Å². The molecule has 1 saturated heterocycles. The van der Waals surface area contributed by atoms with Crippen LogP contribution in [0.25, 0.3) is 0 Å². The predicted molar refractivity (Wildman–Crippen MR) is 79.2 cm³/mol. The Labute approximate surface area is 119 Å². The van der Waals surface area contributed by atoms with Crippen molar-refractivity contribution in [1.29, 1.82) is 0 Å². The third-order valence-electron chi connectivity index (χ3n) is 3.57. The molecule has 1 heterocycles. The molecule has 1 fully saturated rings. The van der Waals surface area contributed by atoms with E-state index in [1.54, 1.807) is 19.1 Å². The molecule has 7 heteroatoms. The highest BCUT2D eigenvalue weighted by molar-refractivity contribution is 7.89. The van der Waals surface area contributed by atoms with Crippen LogP contribution in [-0.4, -0.2) is 50.6 Å². The Bertz CT molecular complexity index is 611. The van der Waals surface area contributed by atoms with Crippen LogP contribution in [0.4, 0.5) is 11.4 Å². The summed E-state index contributed by atoms with van der Waals surface area (Å²) in [5.41, 5.74) is 6.43. The lowest BCUT2D eigenvalue weighted by Crippen LogP contribution is -2.30. The quantitative estimate of drug-likeness (QED) is 0.793. The van der Waals surface area contributed by atoms with Crippen molar-refractivity contribution in [2.45, 2.75) is 23.8 Å². The van der Waals surface area contributed by atoms with Gasteiger partial charge in [0, 0.05) is 27.2 Å². The Kier molecular flexibility index (Phi) is 3.70. The normalized spacial score (nSPS) is 23.6. The molecule has 1 aliphatic rings. The first-order valence-corrected chi connectivity index (χ1v) is 7.87. The molecule has 0 aliphatic carbocycles. The van der Waals surface area contributed by atoms with Crippen LogP contribution in [0.1, 0.15) is 13.3 Å². The summed E-state index contributed by atoms with van der Waals surface area (Å²) in [7, 11) is -0.511. The Balaban J connectivity index is 2.32. The summed E-state index contributed by atoms with van der Waals surface area (Å²) in [6, 6.07) is 4.72.